The van der Waals surface area contributed by atoms with Gasteiger partial charge in [0.2, 0.25) is 0 Å². The second-order valence-corrected chi connectivity index (χ2v) is 3.36. The average molecular weight is 187 g/mol. The molecule has 0 aromatic heterocycles. The third kappa shape index (κ3) is 1.53. The van der Waals surface area contributed by atoms with Crippen LogP contribution in [0, 0.1) is 5.92 Å². The van der Waals surface area contributed by atoms with E-state index in [9.17, 15) is 4.79 Å². The van der Waals surface area contributed by atoms with Crippen molar-refractivity contribution < 1.29 is 9.90 Å². The minimum absolute atomic E-state index is 0.242. The van der Waals surface area contributed by atoms with Crippen LogP contribution in [0.1, 0.15) is 19.8 Å². The van der Waals surface area contributed by atoms with Crippen molar-refractivity contribution in [3.05, 3.63) is 22.4 Å². The maximum absolute atomic E-state index is 10.5. The lowest BCUT2D eigenvalue weighted by atomic mass is 9.87. The molecule has 0 bridgehead atoms. The minimum Gasteiger partial charge on any atom is -0.515 e. The van der Waals surface area contributed by atoms with E-state index in [0.717, 1.165) is 19.0 Å². The number of hydrogen-bond acceptors (Lipinski definition) is 2. The van der Waals surface area contributed by atoms with E-state index in [0.29, 0.717) is 22.6 Å². The molecule has 0 saturated heterocycles. The summed E-state index contributed by atoms with van der Waals surface area (Å²) in [5.41, 5.74) is 1.26. The van der Waals surface area contributed by atoms with Gasteiger partial charge in [-0.2, -0.15) is 0 Å². The molecule has 1 N–H and O–H groups in total. The maximum atomic E-state index is 10.5. The van der Waals surface area contributed by atoms with Crippen LogP contribution >= 0.6 is 11.6 Å². The van der Waals surface area contributed by atoms with Crippen LogP contribution < -0.4 is 0 Å². The second kappa shape index (κ2) is 3.76. The summed E-state index contributed by atoms with van der Waals surface area (Å²) in [6.45, 7) is 1.98. The summed E-state index contributed by atoms with van der Waals surface area (Å²) < 4.78 is 0. The number of aliphatic hydroxyl groups excluding tert-OH is 1. The zero-order valence-corrected chi connectivity index (χ0v) is 7.64. The van der Waals surface area contributed by atoms with Gasteiger partial charge in [-0.3, -0.25) is 4.79 Å². The van der Waals surface area contributed by atoms with E-state index in [1.807, 2.05) is 6.92 Å². The van der Waals surface area contributed by atoms with Crippen molar-refractivity contribution in [3.8, 4) is 0 Å². The molecular weight excluding hydrogens is 176 g/mol. The lowest BCUT2D eigenvalue weighted by Crippen LogP contribution is -2.09. The van der Waals surface area contributed by atoms with E-state index in [1.54, 1.807) is 0 Å². The van der Waals surface area contributed by atoms with Crippen LogP contribution in [0.5, 0.6) is 0 Å². The Morgan fingerprint density at radius 3 is 2.83 bits per heavy atom. The molecule has 12 heavy (non-hydrogen) atoms. The Morgan fingerprint density at radius 2 is 2.33 bits per heavy atom. The van der Waals surface area contributed by atoms with Gasteiger partial charge in [0.1, 0.15) is 6.29 Å². The molecule has 66 valence electrons. The van der Waals surface area contributed by atoms with Crippen LogP contribution in [-0.4, -0.2) is 11.4 Å². The highest BCUT2D eigenvalue weighted by Gasteiger charge is 2.21. The first-order valence-corrected chi connectivity index (χ1v) is 4.27. The van der Waals surface area contributed by atoms with Gasteiger partial charge in [-0.25, -0.2) is 0 Å². The lowest BCUT2D eigenvalue weighted by Gasteiger charge is -2.21. The van der Waals surface area contributed by atoms with Crippen molar-refractivity contribution in [2.75, 3.05) is 0 Å². The van der Waals surface area contributed by atoms with Crippen LogP contribution in [-0.2, 0) is 4.79 Å². The molecule has 0 aromatic carbocycles. The van der Waals surface area contributed by atoms with E-state index < -0.39 is 0 Å². The van der Waals surface area contributed by atoms with E-state index in [2.05, 4.69) is 0 Å². The van der Waals surface area contributed by atoms with Gasteiger partial charge in [0.05, 0.1) is 11.3 Å². The number of carbonyl (C=O) groups excluding carboxylic acids is 1. The molecule has 0 radical (unpaired) electrons. The molecule has 0 fully saturated rings. The summed E-state index contributed by atoms with van der Waals surface area (Å²) >= 11 is 5.86. The van der Waals surface area contributed by atoms with E-state index in [1.165, 1.54) is 0 Å². The van der Waals surface area contributed by atoms with E-state index in [4.69, 9.17) is 16.7 Å². The molecule has 0 saturated carbocycles. The number of hydrogen-bond donors (Lipinski definition) is 1. The maximum Gasteiger partial charge on any atom is 0.147 e. The molecule has 1 unspecified atom stereocenters. The number of aldehydes is 1. The average Bonchev–Trinajstić information content (AvgIpc) is 2.06. The highest BCUT2D eigenvalue weighted by atomic mass is 35.5. The number of allylic oxidation sites excluding steroid dienone is 3. The van der Waals surface area contributed by atoms with Gasteiger partial charge in [-0.15, -0.1) is 0 Å². The molecule has 3 heteroatoms. The van der Waals surface area contributed by atoms with Crippen molar-refractivity contribution in [1.82, 2.24) is 0 Å². The van der Waals surface area contributed by atoms with Gasteiger partial charge >= 0.3 is 0 Å². The normalized spacial score (nSPS) is 27.8. The van der Waals surface area contributed by atoms with Crippen molar-refractivity contribution in [2.24, 2.45) is 5.92 Å². The van der Waals surface area contributed by atoms with Crippen molar-refractivity contribution >= 4 is 17.9 Å². The lowest BCUT2D eigenvalue weighted by molar-refractivity contribution is -0.105. The molecule has 0 amide bonds. The van der Waals surface area contributed by atoms with Crippen LogP contribution in [0.2, 0.25) is 0 Å². The Morgan fingerprint density at radius 1 is 1.67 bits per heavy atom. The molecule has 0 aliphatic heterocycles. The Kier molecular flexibility index (Phi) is 2.93. The monoisotopic (exact) mass is 186 g/mol. The van der Waals surface area contributed by atoms with Gasteiger partial charge in [0.25, 0.3) is 0 Å². The molecule has 0 heterocycles. The number of aliphatic hydroxyl groups is 1. The Balaban J connectivity index is 3.05. The third-order valence-electron chi connectivity index (χ3n) is 2.19. The largest absolute Gasteiger partial charge is 0.515 e. The summed E-state index contributed by atoms with van der Waals surface area (Å²) in [6, 6.07) is 0. The molecule has 1 rings (SSSR count). The van der Waals surface area contributed by atoms with Crippen LogP contribution in [0.4, 0.5) is 0 Å². The van der Waals surface area contributed by atoms with Crippen molar-refractivity contribution in [3.63, 3.8) is 0 Å². The Labute approximate surface area is 76.5 Å². The van der Waals surface area contributed by atoms with Crippen LogP contribution in [0.25, 0.3) is 0 Å². The van der Waals surface area contributed by atoms with Crippen LogP contribution in [0.15, 0.2) is 22.4 Å². The number of halogens is 1. The summed E-state index contributed by atoms with van der Waals surface area (Å²) in [5, 5.41) is 9.27. The molecule has 0 spiro atoms. The first-order chi connectivity index (χ1) is 5.70. The summed E-state index contributed by atoms with van der Waals surface area (Å²) in [4.78, 5) is 10.5. The highest BCUT2D eigenvalue weighted by molar-refractivity contribution is 6.33. The number of rotatable bonds is 1. The molecular formula is C9H11ClO2. The zero-order chi connectivity index (χ0) is 9.14. The Bertz CT molecular complexity index is 253. The topological polar surface area (TPSA) is 37.3 Å². The predicted molar refractivity (Wildman–Crippen MR) is 48.1 cm³/mol. The van der Waals surface area contributed by atoms with Crippen LogP contribution in [0.3, 0.4) is 0 Å². The molecule has 1 aliphatic rings. The van der Waals surface area contributed by atoms with E-state index in [-0.39, 0.29) is 5.92 Å². The van der Waals surface area contributed by atoms with Gasteiger partial charge in [0, 0.05) is 11.1 Å². The summed E-state index contributed by atoms with van der Waals surface area (Å²) in [7, 11) is 0. The number of carbonyl (C=O) groups is 1. The fraction of sp³-hybridized carbons (Fsp3) is 0.444. The molecule has 1 aliphatic carbocycles. The molecule has 0 aromatic rings. The third-order valence-corrected chi connectivity index (χ3v) is 2.66. The van der Waals surface area contributed by atoms with Gasteiger partial charge in [-0.1, -0.05) is 18.5 Å². The zero-order valence-electron chi connectivity index (χ0n) is 6.88. The first-order valence-electron chi connectivity index (χ1n) is 3.89. The summed E-state index contributed by atoms with van der Waals surface area (Å²) in [6.07, 6.45) is 3.34. The highest BCUT2D eigenvalue weighted by Crippen LogP contribution is 2.35. The fourth-order valence-electron chi connectivity index (χ4n) is 1.33. The first kappa shape index (κ1) is 9.33. The second-order valence-electron chi connectivity index (χ2n) is 2.98. The van der Waals surface area contributed by atoms with Gasteiger partial charge in [-0.05, 0) is 18.8 Å². The van der Waals surface area contributed by atoms with E-state index >= 15 is 0 Å². The molecule has 2 nitrogen and oxygen atoms in total. The fourth-order valence-corrected chi connectivity index (χ4v) is 1.71. The summed E-state index contributed by atoms with van der Waals surface area (Å²) in [5.74, 6) is 0.242. The Hall–Kier alpha value is -0.760. The minimum atomic E-state index is 0.242. The van der Waals surface area contributed by atoms with Crippen molar-refractivity contribution in [2.45, 2.75) is 19.8 Å². The SMILES string of the molecule is CC1CCC(C=O)=C(Cl)C1=CO. The van der Waals surface area contributed by atoms with Gasteiger partial charge < -0.3 is 5.11 Å². The van der Waals surface area contributed by atoms with Crippen molar-refractivity contribution in [1.29, 1.82) is 0 Å². The standard InChI is InChI=1S/C9H11ClO2/c1-6-2-3-7(4-11)9(10)8(6)5-12/h4-6,12H,2-3H2,1H3. The molecule has 1 atom stereocenters. The predicted octanol–water partition coefficient (Wildman–Crippen LogP) is 2.55. The van der Waals surface area contributed by atoms with Gasteiger partial charge in [0.15, 0.2) is 0 Å². The quantitative estimate of drug-likeness (QED) is 0.505. The smallest absolute Gasteiger partial charge is 0.147 e.